The van der Waals surface area contributed by atoms with Gasteiger partial charge in [0.15, 0.2) is 0 Å². The summed E-state index contributed by atoms with van der Waals surface area (Å²) in [5.74, 6) is 4.51. The first kappa shape index (κ1) is 35.7. The van der Waals surface area contributed by atoms with Crippen LogP contribution in [0.3, 0.4) is 0 Å². The first-order valence-electron chi connectivity index (χ1n) is 19.7. The number of aromatic nitrogens is 4. The van der Waals surface area contributed by atoms with Crippen LogP contribution < -0.4 is 4.74 Å². The molecule has 0 amide bonds. The Balaban J connectivity index is 1.32. The van der Waals surface area contributed by atoms with Gasteiger partial charge in [-0.1, -0.05) is 84.2 Å². The van der Waals surface area contributed by atoms with Gasteiger partial charge in [0.1, 0.15) is 17.3 Å². The Morgan fingerprint density at radius 2 is 1.60 bits per heavy atom. The lowest BCUT2D eigenvalue weighted by Crippen LogP contribution is -2.21. The predicted octanol–water partition coefficient (Wildman–Crippen LogP) is 13.0. The molecular weight excluding hydrogens is 637 g/mol. The zero-order valence-electron chi connectivity index (χ0n) is 32.5. The van der Waals surface area contributed by atoms with E-state index < -0.39 is 0 Å². The van der Waals surface area contributed by atoms with Crippen molar-refractivity contribution in [1.29, 1.82) is 0 Å². The van der Waals surface area contributed by atoms with Crippen LogP contribution in [0.1, 0.15) is 120 Å². The molecule has 6 aromatic rings. The van der Waals surface area contributed by atoms with Gasteiger partial charge in [0.05, 0.1) is 22.4 Å². The van der Waals surface area contributed by atoms with Gasteiger partial charge in [-0.25, -0.2) is 9.67 Å². The van der Waals surface area contributed by atoms with Crippen LogP contribution in [0.2, 0.25) is 0 Å². The maximum atomic E-state index is 6.84. The molecule has 1 unspecified atom stereocenters. The van der Waals surface area contributed by atoms with E-state index in [1.165, 1.54) is 58.0 Å². The largest absolute Gasteiger partial charge is 0.457 e. The van der Waals surface area contributed by atoms with Gasteiger partial charge in [-0.3, -0.25) is 4.57 Å². The zero-order valence-corrected chi connectivity index (χ0v) is 32.5. The highest BCUT2D eigenvalue weighted by molar-refractivity contribution is 6.09. The van der Waals surface area contributed by atoms with Crippen molar-refractivity contribution in [3.8, 4) is 23.0 Å². The fraction of sp³-hybridized carbons (Fsp3) is 0.404. The summed E-state index contributed by atoms with van der Waals surface area (Å²) in [6.07, 6.45) is 12.3. The summed E-state index contributed by atoms with van der Waals surface area (Å²) in [5.41, 5.74) is 11.3. The van der Waals surface area contributed by atoms with Crippen molar-refractivity contribution in [2.45, 2.75) is 112 Å². The fourth-order valence-corrected chi connectivity index (χ4v) is 8.73. The minimum Gasteiger partial charge on any atom is -0.457 e. The van der Waals surface area contributed by atoms with Crippen molar-refractivity contribution >= 4 is 21.8 Å². The van der Waals surface area contributed by atoms with Crippen LogP contribution in [0.5, 0.6) is 11.5 Å². The van der Waals surface area contributed by atoms with E-state index in [-0.39, 0.29) is 0 Å². The number of nitrogens with zero attached hydrogens (tertiary/aromatic N) is 4. The molecule has 5 nitrogen and oxygen atoms in total. The topological polar surface area (TPSA) is 44.9 Å². The van der Waals surface area contributed by atoms with Crippen molar-refractivity contribution in [3.05, 3.63) is 119 Å². The highest BCUT2D eigenvalue weighted by Gasteiger charge is 2.32. The number of unbranched alkanes of at least 4 members (excludes halogenated alkanes) is 2. The number of ether oxygens (including phenoxy) is 1. The Kier molecular flexibility index (Phi) is 10.4. The van der Waals surface area contributed by atoms with E-state index in [1.54, 1.807) is 0 Å². The number of hydrogen-bond acceptors (Lipinski definition) is 3. The molecule has 52 heavy (non-hydrogen) atoms. The highest BCUT2D eigenvalue weighted by Crippen LogP contribution is 2.44. The Bertz CT molecular complexity index is 2230. The van der Waals surface area contributed by atoms with Crippen LogP contribution >= 0.6 is 0 Å². The van der Waals surface area contributed by atoms with E-state index in [4.69, 9.17) is 14.8 Å². The van der Waals surface area contributed by atoms with Crippen LogP contribution in [0.4, 0.5) is 0 Å². The van der Waals surface area contributed by atoms with E-state index >= 15 is 0 Å². The van der Waals surface area contributed by atoms with Crippen molar-refractivity contribution in [2.24, 2.45) is 11.8 Å². The minimum atomic E-state index is 0.332. The number of fused-ring (bicyclic) bond motifs is 3. The summed E-state index contributed by atoms with van der Waals surface area (Å²) in [6, 6.07) is 26.2. The molecule has 0 saturated heterocycles. The van der Waals surface area contributed by atoms with E-state index in [2.05, 4.69) is 144 Å². The molecule has 3 aromatic heterocycles. The van der Waals surface area contributed by atoms with Crippen LogP contribution in [0, 0.1) is 18.8 Å². The van der Waals surface area contributed by atoms with Gasteiger partial charge in [-0.15, -0.1) is 0 Å². The standard InChI is InChI=1S/C47H56N4O/c1-9-11-15-35-21-22-48-45(25-35)50-42-18-14-13-16-40(42)41-20-19-38(29-44(41)50)52-39-27-36(30(3)4)26-37(28-39)51-43(17-12-10-2)47(34(8)49-51)46-32(6)23-31(5)24-33(46)7/h13-14,16,18-23,25-31,33,46H,9-12,15,17,24H2,1-8H3/t31-,33?,46-/m0/s1. The summed E-state index contributed by atoms with van der Waals surface area (Å²) < 4.78 is 11.4. The number of rotatable bonds is 12. The quantitative estimate of drug-likeness (QED) is 0.120. The highest BCUT2D eigenvalue weighted by atomic mass is 16.5. The first-order valence-corrected chi connectivity index (χ1v) is 19.7. The van der Waals surface area contributed by atoms with Crippen molar-refractivity contribution in [2.75, 3.05) is 0 Å². The van der Waals surface area contributed by atoms with E-state index in [1.807, 2.05) is 6.20 Å². The molecule has 0 bridgehead atoms. The molecule has 0 radical (unpaired) electrons. The van der Waals surface area contributed by atoms with Gasteiger partial charge in [-0.05, 0) is 117 Å². The lowest BCUT2D eigenvalue weighted by Gasteiger charge is -2.32. The summed E-state index contributed by atoms with van der Waals surface area (Å²) in [7, 11) is 0. The van der Waals surface area contributed by atoms with Gasteiger partial charge < -0.3 is 4.74 Å². The van der Waals surface area contributed by atoms with Crippen molar-refractivity contribution in [3.63, 3.8) is 0 Å². The fourth-order valence-electron chi connectivity index (χ4n) is 8.73. The maximum Gasteiger partial charge on any atom is 0.137 e. The summed E-state index contributed by atoms with van der Waals surface area (Å²) in [6.45, 7) is 18.4. The van der Waals surface area contributed by atoms with Gasteiger partial charge in [0, 0.05) is 46.3 Å². The Labute approximate surface area is 310 Å². The molecule has 3 aromatic carbocycles. The Hall–Kier alpha value is -4.64. The second-order valence-corrected chi connectivity index (χ2v) is 15.7. The van der Waals surface area contributed by atoms with Gasteiger partial charge in [0.25, 0.3) is 0 Å². The minimum absolute atomic E-state index is 0.332. The molecule has 3 heterocycles. The first-order chi connectivity index (χ1) is 25.2. The van der Waals surface area contributed by atoms with Crippen LogP contribution in [0.25, 0.3) is 33.3 Å². The van der Waals surface area contributed by atoms with Crippen molar-refractivity contribution < 1.29 is 4.74 Å². The average molecular weight is 693 g/mol. The van der Waals surface area contributed by atoms with Gasteiger partial charge in [0.2, 0.25) is 0 Å². The molecule has 0 spiro atoms. The van der Waals surface area contributed by atoms with Gasteiger partial charge >= 0.3 is 0 Å². The molecule has 5 heteroatoms. The normalized spacial score (nSPS) is 17.7. The lowest BCUT2D eigenvalue weighted by atomic mass is 9.72. The SMILES string of the molecule is CCCCc1ccnc(-n2c3ccccc3c3ccc(Oc4cc(C(C)C)cc(-n5nc(C)c([C@H]6C(C)=C[C@H](C)CC6C)c5CCCC)c4)cc32)c1. The van der Waals surface area contributed by atoms with Crippen LogP contribution in [-0.4, -0.2) is 19.3 Å². The summed E-state index contributed by atoms with van der Waals surface area (Å²) in [5, 5.41) is 7.71. The second kappa shape index (κ2) is 15.1. The number of aryl methyl sites for hydroxylation is 2. The summed E-state index contributed by atoms with van der Waals surface area (Å²) >= 11 is 0. The third-order valence-electron chi connectivity index (χ3n) is 11.2. The smallest absolute Gasteiger partial charge is 0.137 e. The molecule has 0 fully saturated rings. The Morgan fingerprint density at radius 3 is 2.37 bits per heavy atom. The Morgan fingerprint density at radius 1 is 0.827 bits per heavy atom. The third kappa shape index (κ3) is 6.95. The number of pyridine rings is 1. The molecule has 1 aliphatic carbocycles. The maximum absolute atomic E-state index is 6.84. The molecule has 0 aliphatic heterocycles. The molecule has 1 aliphatic rings. The lowest BCUT2D eigenvalue weighted by molar-refractivity contribution is 0.389. The molecule has 270 valence electrons. The monoisotopic (exact) mass is 692 g/mol. The van der Waals surface area contributed by atoms with Gasteiger partial charge in [-0.2, -0.15) is 5.10 Å². The number of benzene rings is 3. The van der Waals surface area contributed by atoms with E-state index in [9.17, 15) is 0 Å². The van der Waals surface area contributed by atoms with E-state index in [0.717, 1.165) is 65.4 Å². The molecule has 3 atom stereocenters. The predicted molar refractivity (Wildman–Crippen MR) is 218 cm³/mol. The third-order valence-corrected chi connectivity index (χ3v) is 11.2. The molecular formula is C47H56N4O. The number of hydrogen-bond donors (Lipinski definition) is 0. The molecule has 0 saturated carbocycles. The number of allylic oxidation sites excluding steroid dienone is 2. The molecule has 7 rings (SSSR count). The van der Waals surface area contributed by atoms with E-state index in [0.29, 0.717) is 23.7 Å². The average Bonchev–Trinajstić information content (AvgIpc) is 3.63. The zero-order chi connectivity index (χ0) is 36.5. The molecule has 0 N–H and O–H groups in total. The van der Waals surface area contributed by atoms with Crippen molar-refractivity contribution in [1.82, 2.24) is 19.3 Å². The number of para-hydroxylation sites is 1. The second-order valence-electron chi connectivity index (χ2n) is 15.7. The summed E-state index contributed by atoms with van der Waals surface area (Å²) in [4.78, 5) is 4.87. The van der Waals surface area contributed by atoms with Crippen LogP contribution in [0.15, 0.2) is 90.6 Å². The van der Waals surface area contributed by atoms with Crippen LogP contribution in [-0.2, 0) is 12.8 Å².